The van der Waals surface area contributed by atoms with Crippen molar-refractivity contribution in [3.05, 3.63) is 44.6 Å². The lowest BCUT2D eigenvalue weighted by molar-refractivity contribution is 0.0601. The fraction of sp³-hybridized carbons (Fsp3) is 0.231. The van der Waals surface area contributed by atoms with Crippen molar-refractivity contribution in [2.75, 3.05) is 12.4 Å². The maximum Gasteiger partial charge on any atom is 0.340 e. The molecule has 0 fully saturated rings. The van der Waals surface area contributed by atoms with Crippen LogP contribution >= 0.6 is 31.9 Å². The highest BCUT2D eigenvalue weighted by Crippen LogP contribution is 2.31. The van der Waals surface area contributed by atoms with E-state index in [9.17, 15) is 4.79 Å². The number of nitrogens with one attached hydrogen (secondary N) is 1. The first-order valence-electron chi connectivity index (χ1n) is 5.80. The van der Waals surface area contributed by atoms with Gasteiger partial charge >= 0.3 is 5.97 Å². The number of rotatable bonds is 4. The Morgan fingerprint density at radius 2 is 2.20 bits per heavy atom. The Kier molecular flexibility index (Phi) is 4.82. The number of aryl methyl sites for hydroxylation is 1. The third-order valence-electron chi connectivity index (χ3n) is 2.69. The van der Waals surface area contributed by atoms with Gasteiger partial charge in [-0.25, -0.2) is 4.79 Å². The minimum Gasteiger partial charge on any atom is -0.465 e. The van der Waals surface area contributed by atoms with Crippen LogP contribution in [0.2, 0.25) is 0 Å². The summed E-state index contributed by atoms with van der Waals surface area (Å²) in [6.07, 6.45) is 3.69. The molecule has 0 aliphatic carbocycles. The van der Waals surface area contributed by atoms with Crippen molar-refractivity contribution in [2.24, 2.45) is 7.05 Å². The van der Waals surface area contributed by atoms with E-state index in [1.165, 1.54) is 7.11 Å². The molecule has 2 rings (SSSR count). The number of nitrogens with zero attached hydrogens (tertiary/aromatic N) is 2. The predicted molar refractivity (Wildman–Crippen MR) is 83.7 cm³/mol. The number of hydrogen-bond acceptors (Lipinski definition) is 4. The van der Waals surface area contributed by atoms with E-state index in [1.807, 2.05) is 19.3 Å². The van der Waals surface area contributed by atoms with Crippen molar-refractivity contribution in [1.29, 1.82) is 0 Å². The van der Waals surface area contributed by atoms with Crippen molar-refractivity contribution in [3.63, 3.8) is 0 Å². The number of halogens is 2. The summed E-state index contributed by atoms with van der Waals surface area (Å²) in [7, 11) is 3.22. The molecule has 0 spiro atoms. The number of aromatic nitrogens is 2. The molecule has 0 amide bonds. The third-order valence-corrected chi connectivity index (χ3v) is 3.77. The first-order chi connectivity index (χ1) is 9.51. The monoisotopic (exact) mass is 401 g/mol. The Balaban J connectivity index is 2.27. The molecule has 20 heavy (non-hydrogen) atoms. The smallest absolute Gasteiger partial charge is 0.340 e. The average Bonchev–Trinajstić information content (AvgIpc) is 2.81. The van der Waals surface area contributed by atoms with Crippen LogP contribution in [0.25, 0.3) is 0 Å². The largest absolute Gasteiger partial charge is 0.465 e. The predicted octanol–water partition coefficient (Wildman–Crippen LogP) is 3.34. The molecule has 0 atom stereocenters. The number of methoxy groups -OCH3 is 1. The Bertz CT molecular complexity index is 641. The lowest BCUT2D eigenvalue weighted by Gasteiger charge is -2.13. The fourth-order valence-corrected chi connectivity index (χ4v) is 3.14. The molecule has 1 aromatic carbocycles. The summed E-state index contributed by atoms with van der Waals surface area (Å²) >= 11 is 6.82. The van der Waals surface area contributed by atoms with E-state index in [4.69, 9.17) is 4.74 Å². The minimum atomic E-state index is -0.388. The molecule has 0 aliphatic rings. The maximum absolute atomic E-state index is 11.8. The SMILES string of the molecule is COC(=O)c1cc(Br)cc(Br)c1NCc1cnn(C)c1. The zero-order valence-electron chi connectivity index (χ0n) is 11.0. The Hall–Kier alpha value is -1.34. The van der Waals surface area contributed by atoms with Crippen LogP contribution in [-0.4, -0.2) is 22.9 Å². The Labute approximate surface area is 133 Å². The van der Waals surface area contributed by atoms with Gasteiger partial charge in [0.1, 0.15) is 0 Å². The molecule has 0 aliphatic heterocycles. The van der Waals surface area contributed by atoms with Crippen LogP contribution in [0.1, 0.15) is 15.9 Å². The minimum absolute atomic E-state index is 0.388. The highest BCUT2D eigenvalue weighted by atomic mass is 79.9. The quantitative estimate of drug-likeness (QED) is 0.796. The van der Waals surface area contributed by atoms with E-state index in [0.29, 0.717) is 17.8 Å². The molecule has 2 aromatic rings. The van der Waals surface area contributed by atoms with E-state index >= 15 is 0 Å². The molecule has 0 unspecified atom stereocenters. The van der Waals surface area contributed by atoms with Gasteiger partial charge in [0.05, 0.1) is 24.6 Å². The van der Waals surface area contributed by atoms with Crippen LogP contribution in [0.4, 0.5) is 5.69 Å². The Morgan fingerprint density at radius 1 is 1.45 bits per heavy atom. The molecule has 7 heteroatoms. The van der Waals surface area contributed by atoms with Gasteiger partial charge in [-0.2, -0.15) is 5.10 Å². The summed E-state index contributed by atoms with van der Waals surface area (Å²) in [6.45, 7) is 0.568. The second kappa shape index (κ2) is 6.41. The topological polar surface area (TPSA) is 56.1 Å². The normalized spacial score (nSPS) is 10.4. The summed E-state index contributed by atoms with van der Waals surface area (Å²) in [5.74, 6) is -0.388. The van der Waals surface area contributed by atoms with Gasteiger partial charge < -0.3 is 10.1 Å². The van der Waals surface area contributed by atoms with Crippen molar-refractivity contribution < 1.29 is 9.53 Å². The zero-order chi connectivity index (χ0) is 14.7. The molecule has 0 saturated heterocycles. The van der Waals surface area contributed by atoms with Gasteiger partial charge in [-0.1, -0.05) is 15.9 Å². The second-order valence-electron chi connectivity index (χ2n) is 4.18. The molecule has 0 saturated carbocycles. The fourth-order valence-electron chi connectivity index (χ4n) is 1.78. The highest BCUT2D eigenvalue weighted by Gasteiger charge is 2.16. The number of carbonyl (C=O) groups is 1. The van der Waals surface area contributed by atoms with Crippen molar-refractivity contribution in [2.45, 2.75) is 6.54 Å². The van der Waals surface area contributed by atoms with Crippen molar-refractivity contribution >= 4 is 43.5 Å². The lowest BCUT2D eigenvalue weighted by atomic mass is 10.1. The molecular formula is C13H13Br2N3O2. The average molecular weight is 403 g/mol. The number of ether oxygens (including phenoxy) is 1. The van der Waals surface area contributed by atoms with Gasteiger partial charge in [0, 0.05) is 34.3 Å². The lowest BCUT2D eigenvalue weighted by Crippen LogP contribution is -2.09. The van der Waals surface area contributed by atoms with Crippen molar-refractivity contribution in [1.82, 2.24) is 9.78 Å². The molecule has 1 aromatic heterocycles. The van der Waals surface area contributed by atoms with Crippen LogP contribution in [0.5, 0.6) is 0 Å². The molecule has 5 nitrogen and oxygen atoms in total. The van der Waals surface area contributed by atoms with E-state index in [0.717, 1.165) is 14.5 Å². The zero-order valence-corrected chi connectivity index (χ0v) is 14.2. The second-order valence-corrected chi connectivity index (χ2v) is 5.95. The van der Waals surface area contributed by atoms with E-state index in [1.54, 1.807) is 16.9 Å². The van der Waals surface area contributed by atoms with Crippen molar-refractivity contribution in [3.8, 4) is 0 Å². The molecule has 0 radical (unpaired) electrons. The van der Waals surface area contributed by atoms with Gasteiger partial charge in [0.25, 0.3) is 0 Å². The van der Waals surface area contributed by atoms with E-state index < -0.39 is 0 Å². The number of esters is 1. The number of hydrogen-bond donors (Lipinski definition) is 1. The molecule has 106 valence electrons. The van der Waals surface area contributed by atoms with E-state index in [-0.39, 0.29) is 5.97 Å². The standard InChI is InChI=1S/C13H13Br2N3O2/c1-18-7-8(6-17-18)5-16-12-10(13(19)20-2)3-9(14)4-11(12)15/h3-4,6-7,16H,5H2,1-2H3. The van der Waals surface area contributed by atoms with Gasteiger partial charge in [-0.3, -0.25) is 4.68 Å². The first kappa shape index (κ1) is 15.1. The molecular weight excluding hydrogens is 390 g/mol. The summed E-state index contributed by atoms with van der Waals surface area (Å²) < 4.78 is 8.13. The first-order valence-corrected chi connectivity index (χ1v) is 7.38. The van der Waals surface area contributed by atoms with Crippen LogP contribution in [0, 0.1) is 0 Å². The summed E-state index contributed by atoms with van der Waals surface area (Å²) in [5.41, 5.74) is 2.19. The highest BCUT2D eigenvalue weighted by molar-refractivity contribution is 9.11. The summed E-state index contributed by atoms with van der Waals surface area (Å²) in [6, 6.07) is 3.60. The van der Waals surface area contributed by atoms with Gasteiger partial charge in [-0.15, -0.1) is 0 Å². The van der Waals surface area contributed by atoms with Gasteiger partial charge in [0.2, 0.25) is 0 Å². The maximum atomic E-state index is 11.8. The van der Waals surface area contributed by atoms with Gasteiger partial charge in [-0.05, 0) is 28.1 Å². The summed E-state index contributed by atoms with van der Waals surface area (Å²) in [5, 5.41) is 7.34. The number of benzene rings is 1. The number of carbonyl (C=O) groups excluding carboxylic acids is 1. The molecule has 1 N–H and O–H groups in total. The summed E-state index contributed by atoms with van der Waals surface area (Å²) in [4.78, 5) is 11.8. The van der Waals surface area contributed by atoms with Crippen LogP contribution < -0.4 is 5.32 Å². The Morgan fingerprint density at radius 3 is 2.80 bits per heavy atom. The van der Waals surface area contributed by atoms with Crippen LogP contribution in [-0.2, 0) is 18.3 Å². The van der Waals surface area contributed by atoms with Crippen LogP contribution in [0.3, 0.4) is 0 Å². The van der Waals surface area contributed by atoms with Crippen LogP contribution in [0.15, 0.2) is 33.5 Å². The molecule has 0 bridgehead atoms. The van der Waals surface area contributed by atoms with Gasteiger partial charge in [0.15, 0.2) is 0 Å². The van der Waals surface area contributed by atoms with E-state index in [2.05, 4.69) is 42.3 Å². The number of anilines is 1. The third kappa shape index (κ3) is 3.40. The molecule has 1 heterocycles.